The molecule has 0 radical (unpaired) electrons. The van der Waals surface area contributed by atoms with Gasteiger partial charge >= 0.3 is 0 Å². The van der Waals surface area contributed by atoms with Gasteiger partial charge in [0.2, 0.25) is 0 Å². The van der Waals surface area contributed by atoms with E-state index in [-0.39, 0.29) is 6.04 Å². The van der Waals surface area contributed by atoms with Crippen molar-refractivity contribution >= 4 is 11.2 Å². The van der Waals surface area contributed by atoms with Crippen molar-refractivity contribution in [3.8, 4) is 5.82 Å². The van der Waals surface area contributed by atoms with Crippen LogP contribution in [0.2, 0.25) is 0 Å². The number of nitrogens with zero attached hydrogens (tertiary/aromatic N) is 8. The van der Waals surface area contributed by atoms with Gasteiger partial charge < -0.3 is 14.2 Å². The summed E-state index contributed by atoms with van der Waals surface area (Å²) in [6.45, 7) is 4.69. The maximum atomic E-state index is 11.0. The zero-order chi connectivity index (χ0) is 25.0. The molecule has 1 aliphatic rings. The molecule has 1 aliphatic heterocycles. The number of piperazine rings is 1. The van der Waals surface area contributed by atoms with Gasteiger partial charge in [-0.3, -0.25) is 14.8 Å². The Balaban J connectivity index is 1.10. The molecule has 0 bridgehead atoms. The monoisotopic (exact) mass is 494 g/mol. The second kappa shape index (κ2) is 10.6. The summed E-state index contributed by atoms with van der Waals surface area (Å²) < 4.78 is 3.84. The largest absolute Gasteiger partial charge is 0.390 e. The van der Waals surface area contributed by atoms with Gasteiger partial charge in [-0.05, 0) is 35.4 Å². The lowest BCUT2D eigenvalue weighted by molar-refractivity contribution is 0.0560. The number of aromatic nitrogens is 6. The van der Waals surface area contributed by atoms with Crippen molar-refractivity contribution in [3.05, 3.63) is 103 Å². The highest BCUT2D eigenvalue weighted by Crippen LogP contribution is 2.29. The number of hydrogen-bond donors (Lipinski definition) is 1. The molecular weight excluding hydrogens is 464 g/mol. The number of rotatable bonds is 8. The maximum Gasteiger partial charge on any atom is 0.168 e. The average molecular weight is 495 g/mol. The Morgan fingerprint density at radius 1 is 0.784 bits per heavy atom. The van der Waals surface area contributed by atoms with Crippen LogP contribution < -0.4 is 0 Å². The van der Waals surface area contributed by atoms with E-state index >= 15 is 0 Å². The van der Waals surface area contributed by atoms with Gasteiger partial charge in [-0.25, -0.2) is 15.0 Å². The molecule has 5 aromatic rings. The molecule has 1 aromatic carbocycles. The smallest absolute Gasteiger partial charge is 0.168 e. The number of hydrogen-bond acceptors (Lipinski definition) is 7. The van der Waals surface area contributed by atoms with Crippen LogP contribution in [0, 0.1) is 0 Å². The van der Waals surface area contributed by atoms with Crippen LogP contribution in [0.4, 0.5) is 0 Å². The minimum Gasteiger partial charge on any atom is -0.390 e. The van der Waals surface area contributed by atoms with Crippen molar-refractivity contribution in [1.82, 2.24) is 38.9 Å². The van der Waals surface area contributed by atoms with E-state index in [1.165, 1.54) is 11.1 Å². The summed E-state index contributed by atoms with van der Waals surface area (Å²) in [4.78, 5) is 22.5. The normalized spacial score (nSPS) is 16.7. The summed E-state index contributed by atoms with van der Waals surface area (Å²) in [7, 11) is 0. The first kappa shape index (κ1) is 23.5. The van der Waals surface area contributed by atoms with Gasteiger partial charge in [-0.1, -0.05) is 30.3 Å². The van der Waals surface area contributed by atoms with Crippen LogP contribution in [-0.2, 0) is 6.54 Å². The van der Waals surface area contributed by atoms with Gasteiger partial charge in [0.1, 0.15) is 6.33 Å². The highest BCUT2D eigenvalue weighted by atomic mass is 16.3. The van der Waals surface area contributed by atoms with E-state index in [1.54, 1.807) is 12.7 Å². The van der Waals surface area contributed by atoms with Crippen LogP contribution in [0.5, 0.6) is 0 Å². The lowest BCUT2D eigenvalue weighted by atomic mass is 9.97. The molecule has 9 heteroatoms. The van der Waals surface area contributed by atoms with E-state index in [1.807, 2.05) is 46.1 Å². The molecule has 0 saturated carbocycles. The minimum absolute atomic E-state index is 0.197. The number of β-amino-alcohol motifs (C(OH)–C–C–N with tert-alkyl or cyclic N) is 1. The van der Waals surface area contributed by atoms with Crippen LogP contribution >= 0.6 is 0 Å². The molecule has 0 amide bonds. The van der Waals surface area contributed by atoms with E-state index < -0.39 is 6.10 Å². The number of benzene rings is 1. The van der Waals surface area contributed by atoms with Gasteiger partial charge in [0.25, 0.3) is 0 Å². The number of fused-ring (bicyclic) bond motifs is 1. The van der Waals surface area contributed by atoms with Gasteiger partial charge in [0.05, 0.1) is 25.0 Å². The molecule has 5 heterocycles. The molecule has 4 aromatic heterocycles. The van der Waals surface area contributed by atoms with E-state index in [2.05, 4.69) is 72.2 Å². The molecule has 9 nitrogen and oxygen atoms in total. The van der Waals surface area contributed by atoms with Crippen molar-refractivity contribution in [3.63, 3.8) is 0 Å². The quantitative estimate of drug-likeness (QED) is 0.355. The predicted octanol–water partition coefficient (Wildman–Crippen LogP) is 2.78. The zero-order valence-electron chi connectivity index (χ0n) is 20.6. The highest BCUT2D eigenvalue weighted by Gasteiger charge is 2.27. The molecule has 0 aliphatic carbocycles. The molecule has 0 spiro atoms. The summed E-state index contributed by atoms with van der Waals surface area (Å²) in [5.41, 5.74) is 3.99. The standard InChI is InChI=1S/C28H30N8O/c37-24(19-36-21-32-25-27(30-20-31-28(25)36)35-12-4-5-13-35)18-33-14-16-34(17-15-33)26(22-6-2-1-3-7-22)23-8-10-29-11-9-23/h1-13,20-21,24,26,37H,14-19H2. The van der Waals surface area contributed by atoms with Crippen molar-refractivity contribution < 1.29 is 5.11 Å². The fraction of sp³-hybridized carbons (Fsp3) is 0.286. The summed E-state index contributed by atoms with van der Waals surface area (Å²) in [6, 6.07) is 19.0. The van der Waals surface area contributed by atoms with Crippen molar-refractivity contribution in [1.29, 1.82) is 0 Å². The lowest BCUT2D eigenvalue weighted by Crippen LogP contribution is -2.50. The van der Waals surface area contributed by atoms with Crippen molar-refractivity contribution in [2.45, 2.75) is 18.7 Å². The van der Waals surface area contributed by atoms with Gasteiger partial charge in [-0.15, -0.1) is 0 Å². The number of aliphatic hydroxyl groups excluding tert-OH is 1. The Morgan fingerprint density at radius 3 is 2.27 bits per heavy atom. The van der Waals surface area contributed by atoms with Crippen LogP contribution in [0.25, 0.3) is 17.0 Å². The van der Waals surface area contributed by atoms with E-state index in [0.29, 0.717) is 13.1 Å². The Bertz CT molecular complexity index is 1370. The first-order valence-electron chi connectivity index (χ1n) is 12.6. The SMILES string of the molecule is OC(CN1CCN(C(c2ccccc2)c2ccncc2)CC1)Cn1cnc2c(-n3cccc3)ncnc21. The molecular formula is C28H30N8O. The maximum absolute atomic E-state index is 11.0. The Kier molecular flexibility index (Phi) is 6.72. The van der Waals surface area contributed by atoms with E-state index in [4.69, 9.17) is 0 Å². The number of aliphatic hydroxyl groups is 1. The van der Waals surface area contributed by atoms with E-state index in [9.17, 15) is 5.11 Å². The second-order valence-corrected chi connectivity index (χ2v) is 9.44. The molecule has 1 N–H and O–H groups in total. The van der Waals surface area contributed by atoms with Crippen LogP contribution in [-0.4, -0.2) is 82.8 Å². The third-order valence-corrected chi connectivity index (χ3v) is 7.02. The summed E-state index contributed by atoms with van der Waals surface area (Å²) in [5, 5.41) is 11.0. The molecule has 6 rings (SSSR count). The van der Waals surface area contributed by atoms with Crippen LogP contribution in [0.3, 0.4) is 0 Å². The molecule has 1 fully saturated rings. The van der Waals surface area contributed by atoms with Gasteiger partial charge in [0, 0.05) is 57.5 Å². The van der Waals surface area contributed by atoms with Gasteiger partial charge in [-0.2, -0.15) is 0 Å². The minimum atomic E-state index is -0.529. The Hall–Kier alpha value is -3.92. The molecule has 37 heavy (non-hydrogen) atoms. The van der Waals surface area contributed by atoms with Crippen LogP contribution in [0.1, 0.15) is 17.2 Å². The van der Waals surface area contributed by atoms with Crippen molar-refractivity contribution in [2.24, 2.45) is 0 Å². The van der Waals surface area contributed by atoms with E-state index in [0.717, 1.165) is 43.2 Å². The molecule has 188 valence electrons. The first-order chi connectivity index (χ1) is 18.3. The topological polar surface area (TPSA) is 88.1 Å². The second-order valence-electron chi connectivity index (χ2n) is 9.44. The lowest BCUT2D eigenvalue weighted by Gasteiger charge is -2.40. The average Bonchev–Trinajstić information content (AvgIpc) is 3.62. The fourth-order valence-electron chi connectivity index (χ4n) is 5.25. The zero-order valence-corrected chi connectivity index (χ0v) is 20.6. The number of pyridine rings is 1. The third kappa shape index (κ3) is 5.01. The Morgan fingerprint density at radius 2 is 1.51 bits per heavy atom. The summed E-state index contributed by atoms with van der Waals surface area (Å²) in [6.07, 6.45) is 10.4. The Labute approximate surface area is 215 Å². The summed E-state index contributed by atoms with van der Waals surface area (Å²) in [5.74, 6) is 0.738. The van der Waals surface area contributed by atoms with Gasteiger partial charge in [0.15, 0.2) is 17.0 Å². The third-order valence-electron chi connectivity index (χ3n) is 7.02. The molecule has 2 unspecified atom stereocenters. The predicted molar refractivity (Wildman–Crippen MR) is 141 cm³/mol. The highest BCUT2D eigenvalue weighted by molar-refractivity contribution is 5.78. The van der Waals surface area contributed by atoms with Crippen LogP contribution in [0.15, 0.2) is 92.0 Å². The molecule has 2 atom stereocenters. The number of imidazole rings is 1. The fourth-order valence-corrected chi connectivity index (χ4v) is 5.25. The first-order valence-corrected chi connectivity index (χ1v) is 12.6. The van der Waals surface area contributed by atoms with Crippen molar-refractivity contribution in [2.75, 3.05) is 32.7 Å². The summed E-state index contributed by atoms with van der Waals surface area (Å²) >= 11 is 0. The molecule has 1 saturated heterocycles.